The molecule has 6 nitrogen and oxygen atoms in total. The molecule has 26 rings (SSSR count). The van der Waals surface area contributed by atoms with E-state index in [2.05, 4.69) is 467 Å². The molecule has 2 aliphatic carbocycles. The fraction of sp³-hybridized carbons (Fsp3) is 0.0159. The van der Waals surface area contributed by atoms with E-state index in [-0.39, 0.29) is 0 Å². The summed E-state index contributed by atoms with van der Waals surface area (Å²) in [6, 6.07) is 175. The molecule has 4 aromatic heterocycles. The number of fused-ring (bicyclic) bond motifs is 13. The van der Waals surface area contributed by atoms with Crippen molar-refractivity contribution in [2.24, 2.45) is 0 Å². The Morgan fingerprint density at radius 2 is 0.396 bits per heavy atom. The van der Waals surface area contributed by atoms with Gasteiger partial charge in [-0.3, -0.25) is 0 Å². The van der Waals surface area contributed by atoms with Gasteiger partial charge in [0, 0.05) is 73.7 Å². The van der Waals surface area contributed by atoms with E-state index in [1.165, 1.54) is 146 Å². The average molecular weight is 1740 g/mol. The van der Waals surface area contributed by atoms with E-state index in [9.17, 15) is 0 Å². The van der Waals surface area contributed by atoms with Gasteiger partial charge in [-0.15, -0.1) is 22.7 Å². The molecule has 0 unspecified atom stereocenters. The Morgan fingerprint density at radius 1 is 0.149 bits per heavy atom. The first-order chi connectivity index (χ1) is 66.4. The number of thiophene rings is 2. The van der Waals surface area contributed by atoms with Crippen molar-refractivity contribution in [1.82, 2.24) is 29.9 Å². The zero-order valence-electron chi connectivity index (χ0n) is 72.7. The van der Waals surface area contributed by atoms with Crippen molar-refractivity contribution < 1.29 is 0 Å². The van der Waals surface area contributed by atoms with Crippen LogP contribution in [-0.2, 0) is 10.8 Å². The molecule has 0 saturated heterocycles. The molecule has 0 spiro atoms. The minimum atomic E-state index is -0.497. The molecule has 2 aliphatic rings. The highest BCUT2D eigenvalue weighted by atomic mass is 32.1. The summed E-state index contributed by atoms with van der Waals surface area (Å²) in [5.74, 6) is 3.78. The van der Waals surface area contributed by atoms with Crippen molar-refractivity contribution in [3.8, 4) is 146 Å². The van der Waals surface area contributed by atoms with Crippen LogP contribution in [0.5, 0.6) is 0 Å². The normalized spacial score (nSPS) is 12.6. The Bertz CT molecular complexity index is 8540. The van der Waals surface area contributed by atoms with Crippen molar-refractivity contribution in [2.45, 2.75) is 10.8 Å². The lowest BCUT2D eigenvalue weighted by atomic mass is 9.67. The van der Waals surface area contributed by atoms with Crippen LogP contribution >= 0.6 is 22.7 Å². The molecule has 0 fully saturated rings. The highest BCUT2D eigenvalue weighted by molar-refractivity contribution is 7.26. The van der Waals surface area contributed by atoms with Gasteiger partial charge in [0.05, 0.1) is 10.8 Å². The molecule has 8 heteroatoms. The molecule has 134 heavy (non-hydrogen) atoms. The first-order valence-electron chi connectivity index (χ1n) is 45.5. The Balaban J connectivity index is 0.000000145. The molecular weight excluding hydrogens is 1660 g/mol. The van der Waals surface area contributed by atoms with Crippen LogP contribution < -0.4 is 0 Å². The van der Waals surface area contributed by atoms with Crippen LogP contribution in [0.2, 0.25) is 0 Å². The number of hydrogen-bond donors (Lipinski definition) is 0. The molecule has 0 aliphatic heterocycles. The fourth-order valence-electron chi connectivity index (χ4n) is 20.8. The lowest BCUT2D eigenvalue weighted by Gasteiger charge is -2.33. The summed E-state index contributed by atoms with van der Waals surface area (Å²) in [6.45, 7) is 0. The van der Waals surface area contributed by atoms with Crippen LogP contribution in [0.3, 0.4) is 0 Å². The van der Waals surface area contributed by atoms with E-state index in [0.717, 1.165) is 61.2 Å². The van der Waals surface area contributed by atoms with Crippen molar-refractivity contribution in [2.75, 3.05) is 0 Å². The molecule has 0 amide bonds. The third-order valence-corrected chi connectivity index (χ3v) is 29.6. The van der Waals surface area contributed by atoms with Gasteiger partial charge in [0.15, 0.2) is 34.9 Å². The number of benzene rings is 20. The number of aromatic nitrogens is 6. The highest BCUT2D eigenvalue weighted by Gasteiger charge is 2.48. The molecule has 626 valence electrons. The first-order valence-corrected chi connectivity index (χ1v) is 47.1. The minimum absolute atomic E-state index is 0.470. The Kier molecular flexibility index (Phi) is 19.7. The SMILES string of the molecule is c1ccc(-c2nc(-c3ccc(-c4ccc(-c5cccc6c5sc5ccccc56)cc4)cc3)nc(-c3ccc4c(c3)-c3ccccc3C4(c3ccccc3)c3ccccc3)n2)cc1.c1ccc(C2(c3ccccc3)c3ccccc3-c3cc(-c4nc(-c5ccc(-c6ccc(-c7cccc8c7sc7ccccc78)cc6)cc5)nc(-c5ccc(-c6cccc7ccccc67)cc5)n4)ccc32)cc1. The van der Waals surface area contributed by atoms with Gasteiger partial charge in [-0.25, -0.2) is 29.9 Å². The molecule has 0 bridgehead atoms. The standard InChI is InChI=1S/C68H43N3S.C58H37N3S/c1-3-17-52(18-4-1)68(53-19-5-2-6-20-53)61-27-11-9-22-57(61)60-43-51(41-42-62(60)68)67-70-65(69-66(71-67)50-39-35-47(36-40-50)55-24-13-16-46-15-7-8-21-54(46)55)49-37-31-45(32-38-49)44-29-33-48(34-30-44)56-25-14-26-59-58-23-10-12-28-63(58)72-64(56)59;1-4-15-41(16-5-1)55-59-56(42-33-29-39(30-34-42)38-27-31-40(32-28-38)46-23-14-24-49-48-22-11-13-26-53(48)62-54(46)49)61-57(60-55)43-35-36-52-50(37-43)47-21-10-12-25-51(47)58(52,44-17-6-2-7-18-44)45-19-8-3-9-20-45/h1-43H;1-37H. The quantitative estimate of drug-likeness (QED) is 0.102. The maximum Gasteiger partial charge on any atom is 0.164 e. The second-order valence-corrected chi connectivity index (χ2v) is 36.6. The fourth-order valence-corrected chi connectivity index (χ4v) is 23.3. The van der Waals surface area contributed by atoms with Crippen molar-refractivity contribution in [3.05, 3.63) is 530 Å². The van der Waals surface area contributed by atoms with Crippen molar-refractivity contribution in [1.29, 1.82) is 0 Å². The molecular formula is C126H80N6S2. The summed E-state index contributed by atoms with van der Waals surface area (Å²) in [7, 11) is 0. The van der Waals surface area contributed by atoms with E-state index < -0.39 is 10.8 Å². The summed E-state index contributed by atoms with van der Waals surface area (Å²) in [6.07, 6.45) is 0. The van der Waals surface area contributed by atoms with E-state index in [0.29, 0.717) is 34.9 Å². The van der Waals surface area contributed by atoms with Gasteiger partial charge < -0.3 is 0 Å². The summed E-state index contributed by atoms with van der Waals surface area (Å²) in [5.41, 5.74) is 31.2. The Hall–Kier alpha value is -16.9. The van der Waals surface area contributed by atoms with Crippen LogP contribution in [0, 0.1) is 0 Å². The molecule has 0 radical (unpaired) electrons. The predicted molar refractivity (Wildman–Crippen MR) is 557 cm³/mol. The van der Waals surface area contributed by atoms with Crippen LogP contribution in [-0.4, -0.2) is 29.9 Å². The third kappa shape index (κ3) is 13.6. The van der Waals surface area contributed by atoms with Crippen LogP contribution in [0.25, 0.3) is 197 Å². The van der Waals surface area contributed by atoms with Gasteiger partial charge in [0.1, 0.15) is 0 Å². The number of nitrogens with zero attached hydrogens (tertiary/aromatic N) is 6. The van der Waals surface area contributed by atoms with Crippen molar-refractivity contribution in [3.63, 3.8) is 0 Å². The second kappa shape index (κ2) is 33.3. The summed E-state index contributed by atoms with van der Waals surface area (Å²) >= 11 is 3.73. The maximum atomic E-state index is 5.30. The van der Waals surface area contributed by atoms with Gasteiger partial charge in [-0.05, 0) is 157 Å². The zero-order chi connectivity index (χ0) is 88.6. The van der Waals surface area contributed by atoms with Gasteiger partial charge >= 0.3 is 0 Å². The zero-order valence-corrected chi connectivity index (χ0v) is 74.3. The molecule has 4 heterocycles. The predicted octanol–water partition coefficient (Wildman–Crippen LogP) is 32.7. The van der Waals surface area contributed by atoms with Gasteiger partial charge in [-0.2, -0.15) is 0 Å². The summed E-state index contributed by atoms with van der Waals surface area (Å²) in [4.78, 5) is 31.2. The van der Waals surface area contributed by atoms with Gasteiger partial charge in [-0.1, -0.05) is 461 Å². The van der Waals surface area contributed by atoms with Crippen LogP contribution in [0.4, 0.5) is 0 Å². The third-order valence-electron chi connectivity index (χ3n) is 27.1. The van der Waals surface area contributed by atoms with Gasteiger partial charge in [0.25, 0.3) is 0 Å². The van der Waals surface area contributed by atoms with Crippen LogP contribution in [0.15, 0.2) is 485 Å². The monoisotopic (exact) mass is 1740 g/mol. The highest BCUT2D eigenvalue weighted by Crippen LogP contribution is 2.59. The first kappa shape index (κ1) is 79.3. The lowest BCUT2D eigenvalue weighted by molar-refractivity contribution is 0.768. The topological polar surface area (TPSA) is 77.3 Å². The lowest BCUT2D eigenvalue weighted by Crippen LogP contribution is -2.28. The van der Waals surface area contributed by atoms with Crippen molar-refractivity contribution >= 4 is 73.8 Å². The Morgan fingerprint density at radius 3 is 0.784 bits per heavy atom. The number of hydrogen-bond acceptors (Lipinski definition) is 8. The second-order valence-electron chi connectivity index (χ2n) is 34.5. The van der Waals surface area contributed by atoms with E-state index in [4.69, 9.17) is 29.9 Å². The molecule has 0 saturated carbocycles. The summed E-state index contributed by atoms with van der Waals surface area (Å²) < 4.78 is 5.29. The average Bonchev–Trinajstić information content (AvgIpc) is 1.54. The van der Waals surface area contributed by atoms with E-state index in [1.807, 2.05) is 40.9 Å². The minimum Gasteiger partial charge on any atom is -0.208 e. The largest absolute Gasteiger partial charge is 0.208 e. The molecule has 0 N–H and O–H groups in total. The summed E-state index contributed by atoms with van der Waals surface area (Å²) in [5, 5.41) is 7.70. The Labute approximate surface area is 784 Å². The molecule has 24 aromatic rings. The maximum absolute atomic E-state index is 5.30. The smallest absolute Gasteiger partial charge is 0.164 e. The number of rotatable bonds is 15. The van der Waals surface area contributed by atoms with Gasteiger partial charge in [0.2, 0.25) is 0 Å². The van der Waals surface area contributed by atoms with Crippen LogP contribution in [0.1, 0.15) is 44.5 Å². The molecule has 20 aromatic carbocycles. The molecule has 0 atom stereocenters. The van der Waals surface area contributed by atoms with E-state index >= 15 is 0 Å². The van der Waals surface area contributed by atoms with E-state index in [1.54, 1.807) is 0 Å².